The fourth-order valence-corrected chi connectivity index (χ4v) is 2.58. The molecule has 2 aromatic heterocycles. The van der Waals surface area contributed by atoms with Crippen LogP contribution in [0.4, 0.5) is 0 Å². The van der Waals surface area contributed by atoms with Crippen molar-refractivity contribution in [2.75, 3.05) is 13.1 Å². The average Bonchev–Trinajstić information content (AvgIpc) is 3.05. The van der Waals surface area contributed by atoms with Crippen molar-refractivity contribution in [1.29, 1.82) is 0 Å². The van der Waals surface area contributed by atoms with Crippen LogP contribution in [0.3, 0.4) is 0 Å². The third kappa shape index (κ3) is 2.01. The highest BCUT2D eigenvalue weighted by Gasteiger charge is 2.12. The minimum absolute atomic E-state index is 0.977. The third-order valence-electron chi connectivity index (χ3n) is 3.56. The molecule has 3 rings (SSSR count). The van der Waals surface area contributed by atoms with Crippen LogP contribution in [0.25, 0.3) is 5.52 Å². The van der Waals surface area contributed by atoms with Crippen LogP contribution < -0.4 is 0 Å². The van der Waals surface area contributed by atoms with Crippen LogP contribution in [-0.2, 0) is 0 Å². The van der Waals surface area contributed by atoms with Crippen LogP contribution >= 0.6 is 0 Å². The molecule has 3 heterocycles. The standard InChI is InChI=1S/C15H19N3/c1-2-14(16-18-10-5-6-11-18)13-8-12-17-9-4-3-7-15(13)17/h3-4,7-9,12H,2,5-6,10-11H2,1H3/b16-14+. The predicted molar refractivity (Wildman–Crippen MR) is 75.0 cm³/mol. The van der Waals surface area contributed by atoms with E-state index in [0.717, 1.165) is 19.5 Å². The van der Waals surface area contributed by atoms with E-state index >= 15 is 0 Å². The highest BCUT2D eigenvalue weighted by Crippen LogP contribution is 2.17. The highest BCUT2D eigenvalue weighted by atomic mass is 15.5. The Balaban J connectivity index is 2.00. The molecule has 3 heteroatoms. The van der Waals surface area contributed by atoms with Gasteiger partial charge in [-0.1, -0.05) is 13.0 Å². The second-order valence-corrected chi connectivity index (χ2v) is 4.78. The molecular formula is C15H19N3. The summed E-state index contributed by atoms with van der Waals surface area (Å²) in [5, 5.41) is 7.04. The molecule has 18 heavy (non-hydrogen) atoms. The van der Waals surface area contributed by atoms with Gasteiger partial charge in [0, 0.05) is 31.0 Å². The zero-order chi connectivity index (χ0) is 12.4. The Morgan fingerprint density at radius 3 is 2.78 bits per heavy atom. The summed E-state index contributed by atoms with van der Waals surface area (Å²) in [5.41, 5.74) is 3.72. The normalized spacial score (nSPS) is 16.7. The third-order valence-corrected chi connectivity index (χ3v) is 3.56. The van der Waals surface area contributed by atoms with Gasteiger partial charge >= 0.3 is 0 Å². The molecule has 0 aliphatic carbocycles. The molecule has 0 bridgehead atoms. The van der Waals surface area contributed by atoms with E-state index in [1.54, 1.807) is 0 Å². The average molecular weight is 241 g/mol. The first-order valence-electron chi connectivity index (χ1n) is 6.77. The van der Waals surface area contributed by atoms with E-state index in [9.17, 15) is 0 Å². The van der Waals surface area contributed by atoms with Gasteiger partial charge in [0.1, 0.15) is 0 Å². The van der Waals surface area contributed by atoms with Crippen LogP contribution in [0.5, 0.6) is 0 Å². The van der Waals surface area contributed by atoms with Gasteiger partial charge in [0.2, 0.25) is 0 Å². The Kier molecular flexibility index (Phi) is 3.05. The summed E-state index contributed by atoms with van der Waals surface area (Å²) in [6.45, 7) is 4.39. The second-order valence-electron chi connectivity index (χ2n) is 4.78. The lowest BCUT2D eigenvalue weighted by molar-refractivity contribution is 0.359. The lowest BCUT2D eigenvalue weighted by Gasteiger charge is -2.13. The number of hydrogen-bond acceptors (Lipinski definition) is 2. The Morgan fingerprint density at radius 2 is 2.00 bits per heavy atom. The van der Waals surface area contributed by atoms with Crippen LogP contribution in [0.15, 0.2) is 41.8 Å². The van der Waals surface area contributed by atoms with Gasteiger partial charge in [-0.3, -0.25) is 5.01 Å². The van der Waals surface area contributed by atoms with Gasteiger partial charge in [-0.2, -0.15) is 5.10 Å². The molecule has 94 valence electrons. The molecule has 0 aromatic carbocycles. The smallest absolute Gasteiger partial charge is 0.0696 e. The van der Waals surface area contributed by atoms with Crippen molar-refractivity contribution >= 4 is 11.2 Å². The van der Waals surface area contributed by atoms with Crippen molar-refractivity contribution in [3.8, 4) is 0 Å². The van der Waals surface area contributed by atoms with Crippen molar-refractivity contribution in [3.05, 3.63) is 42.2 Å². The number of pyridine rings is 1. The largest absolute Gasteiger partial charge is 0.323 e. The van der Waals surface area contributed by atoms with Gasteiger partial charge in [-0.15, -0.1) is 0 Å². The van der Waals surface area contributed by atoms with E-state index < -0.39 is 0 Å². The molecule has 0 unspecified atom stereocenters. The van der Waals surface area contributed by atoms with Gasteiger partial charge in [0.15, 0.2) is 0 Å². The summed E-state index contributed by atoms with van der Waals surface area (Å²) < 4.78 is 2.16. The zero-order valence-electron chi connectivity index (χ0n) is 10.8. The van der Waals surface area contributed by atoms with Crippen molar-refractivity contribution in [1.82, 2.24) is 9.41 Å². The molecule has 0 N–H and O–H groups in total. The quantitative estimate of drug-likeness (QED) is 0.756. The number of hydrazone groups is 1. The molecule has 1 aliphatic heterocycles. The molecule has 0 spiro atoms. The van der Waals surface area contributed by atoms with Crippen LogP contribution in [-0.4, -0.2) is 28.2 Å². The molecule has 0 atom stereocenters. The topological polar surface area (TPSA) is 20.0 Å². The summed E-state index contributed by atoms with van der Waals surface area (Å²) in [5.74, 6) is 0. The number of rotatable bonds is 3. The van der Waals surface area contributed by atoms with Crippen LogP contribution in [0.1, 0.15) is 31.7 Å². The van der Waals surface area contributed by atoms with E-state index in [2.05, 4.69) is 53.0 Å². The van der Waals surface area contributed by atoms with Gasteiger partial charge in [0.25, 0.3) is 0 Å². The first-order valence-corrected chi connectivity index (χ1v) is 6.77. The van der Waals surface area contributed by atoms with E-state index in [1.807, 2.05) is 0 Å². The second kappa shape index (κ2) is 4.84. The monoisotopic (exact) mass is 241 g/mol. The highest BCUT2D eigenvalue weighted by molar-refractivity contribution is 6.06. The number of fused-ring (bicyclic) bond motifs is 1. The first-order chi connectivity index (χ1) is 8.88. The minimum atomic E-state index is 0.977. The Hall–Kier alpha value is -1.77. The van der Waals surface area contributed by atoms with E-state index in [1.165, 1.54) is 29.6 Å². The van der Waals surface area contributed by atoms with Gasteiger partial charge < -0.3 is 4.40 Å². The first kappa shape index (κ1) is 11.3. The maximum absolute atomic E-state index is 4.82. The molecule has 2 aromatic rings. The fraction of sp³-hybridized carbons (Fsp3) is 0.400. The molecule has 0 amide bonds. The van der Waals surface area contributed by atoms with E-state index in [-0.39, 0.29) is 0 Å². The van der Waals surface area contributed by atoms with Crippen LogP contribution in [0.2, 0.25) is 0 Å². The molecule has 0 radical (unpaired) electrons. The molecular weight excluding hydrogens is 222 g/mol. The van der Waals surface area contributed by atoms with Crippen molar-refractivity contribution < 1.29 is 0 Å². The summed E-state index contributed by atoms with van der Waals surface area (Å²) in [6.07, 6.45) is 7.72. The van der Waals surface area contributed by atoms with Crippen LogP contribution in [0, 0.1) is 0 Å². The number of nitrogens with zero attached hydrogens (tertiary/aromatic N) is 3. The Bertz CT molecular complexity index is 562. The molecule has 1 saturated heterocycles. The maximum atomic E-state index is 4.82. The predicted octanol–water partition coefficient (Wildman–Crippen LogP) is 3.15. The van der Waals surface area contributed by atoms with Gasteiger partial charge in [-0.25, -0.2) is 0 Å². The molecule has 1 fully saturated rings. The number of hydrogen-bond donors (Lipinski definition) is 0. The summed E-state index contributed by atoms with van der Waals surface area (Å²) >= 11 is 0. The van der Waals surface area contributed by atoms with Crippen molar-refractivity contribution in [3.63, 3.8) is 0 Å². The van der Waals surface area contributed by atoms with Gasteiger partial charge in [0.05, 0.1) is 11.2 Å². The zero-order valence-corrected chi connectivity index (χ0v) is 10.8. The van der Waals surface area contributed by atoms with E-state index in [4.69, 9.17) is 5.10 Å². The van der Waals surface area contributed by atoms with E-state index in [0.29, 0.717) is 0 Å². The summed E-state index contributed by atoms with van der Waals surface area (Å²) in [7, 11) is 0. The SMILES string of the molecule is CC/C(=N\N1CCCC1)c1ccn2ccccc12. The fourth-order valence-electron chi connectivity index (χ4n) is 2.58. The molecule has 3 nitrogen and oxygen atoms in total. The Labute approximate surface area is 108 Å². The van der Waals surface area contributed by atoms with Crippen molar-refractivity contribution in [2.24, 2.45) is 5.10 Å². The van der Waals surface area contributed by atoms with Gasteiger partial charge in [-0.05, 0) is 37.5 Å². The Morgan fingerprint density at radius 1 is 1.17 bits per heavy atom. The lowest BCUT2D eigenvalue weighted by atomic mass is 10.1. The lowest BCUT2D eigenvalue weighted by Crippen LogP contribution is -2.15. The minimum Gasteiger partial charge on any atom is -0.323 e. The molecule has 0 saturated carbocycles. The number of aromatic nitrogens is 1. The molecule has 1 aliphatic rings. The summed E-state index contributed by atoms with van der Waals surface area (Å²) in [4.78, 5) is 0. The maximum Gasteiger partial charge on any atom is 0.0696 e. The summed E-state index contributed by atoms with van der Waals surface area (Å²) in [6, 6.07) is 8.47. The van der Waals surface area contributed by atoms with Crippen molar-refractivity contribution in [2.45, 2.75) is 26.2 Å².